The first kappa shape index (κ1) is 28.9. The molecule has 0 spiro atoms. The van der Waals surface area contributed by atoms with Gasteiger partial charge >= 0.3 is 0 Å². The molecule has 0 aliphatic carbocycles. The van der Waals surface area contributed by atoms with Crippen molar-refractivity contribution >= 4 is 29.4 Å². The first-order valence-corrected chi connectivity index (χ1v) is 14.6. The molecule has 4 aromatic rings. The first-order valence-electron chi connectivity index (χ1n) is 14.6. The van der Waals surface area contributed by atoms with E-state index in [1.807, 2.05) is 55.5 Å². The lowest BCUT2D eigenvalue weighted by atomic mass is 9.88. The molecule has 6 rings (SSSR count). The highest BCUT2D eigenvalue weighted by molar-refractivity contribution is 5.95. The molecule has 2 atom stereocenters. The van der Waals surface area contributed by atoms with Crippen LogP contribution in [0.1, 0.15) is 33.1 Å². The SMILES string of the molecule is COc1ccc2cc1OCCN(C(=O)c1cnc3ccnn3c1C)CCNC(=O)[C@H]1CN(C(=O)C=Cc3ccccc3)C[C@H]21. The van der Waals surface area contributed by atoms with Gasteiger partial charge in [-0.1, -0.05) is 36.4 Å². The van der Waals surface area contributed by atoms with E-state index in [4.69, 9.17) is 9.47 Å². The van der Waals surface area contributed by atoms with Crippen LogP contribution >= 0.6 is 0 Å². The molecule has 3 amide bonds. The second-order valence-electron chi connectivity index (χ2n) is 10.9. The Morgan fingerprint density at radius 3 is 2.68 bits per heavy atom. The predicted octanol–water partition coefficient (Wildman–Crippen LogP) is 2.95. The zero-order chi connectivity index (χ0) is 30.6. The summed E-state index contributed by atoms with van der Waals surface area (Å²) < 4.78 is 13.4. The summed E-state index contributed by atoms with van der Waals surface area (Å²) in [6.07, 6.45) is 6.53. The van der Waals surface area contributed by atoms with Gasteiger partial charge in [0.05, 0.1) is 37.0 Å². The minimum atomic E-state index is -0.483. The van der Waals surface area contributed by atoms with Gasteiger partial charge in [-0.05, 0) is 36.3 Å². The van der Waals surface area contributed by atoms with Gasteiger partial charge in [0.2, 0.25) is 11.8 Å². The number of nitrogens with zero attached hydrogens (tertiary/aromatic N) is 5. The van der Waals surface area contributed by atoms with Crippen LogP contribution in [0.3, 0.4) is 0 Å². The Bertz CT molecular complexity index is 1720. The fraction of sp³-hybridized carbons (Fsp3) is 0.303. The van der Waals surface area contributed by atoms with E-state index in [1.54, 1.807) is 52.0 Å². The van der Waals surface area contributed by atoms with E-state index in [0.29, 0.717) is 34.9 Å². The van der Waals surface area contributed by atoms with Crippen LogP contribution in [0.2, 0.25) is 0 Å². The summed E-state index contributed by atoms with van der Waals surface area (Å²) in [6.45, 7) is 3.47. The van der Waals surface area contributed by atoms with E-state index in [9.17, 15) is 14.4 Å². The number of hydrogen-bond acceptors (Lipinski definition) is 7. The molecule has 1 N–H and O–H groups in total. The van der Waals surface area contributed by atoms with Gasteiger partial charge in [-0.25, -0.2) is 9.50 Å². The van der Waals surface area contributed by atoms with E-state index >= 15 is 0 Å². The third kappa shape index (κ3) is 5.85. The van der Waals surface area contributed by atoms with Crippen molar-refractivity contribution in [1.29, 1.82) is 0 Å². The van der Waals surface area contributed by atoms with Crippen LogP contribution in [-0.4, -0.2) is 88.6 Å². The second-order valence-corrected chi connectivity index (χ2v) is 10.9. The maximum atomic E-state index is 13.7. The lowest BCUT2D eigenvalue weighted by Crippen LogP contribution is -2.43. The zero-order valence-corrected chi connectivity index (χ0v) is 24.7. The number of benzene rings is 2. The van der Waals surface area contributed by atoms with E-state index in [0.717, 1.165) is 11.1 Å². The molecule has 0 unspecified atom stereocenters. The van der Waals surface area contributed by atoms with Gasteiger partial charge in [0, 0.05) is 50.4 Å². The minimum Gasteiger partial charge on any atom is -0.493 e. The average molecular weight is 595 g/mol. The van der Waals surface area contributed by atoms with Gasteiger partial charge < -0.3 is 24.6 Å². The Morgan fingerprint density at radius 2 is 1.86 bits per heavy atom. The van der Waals surface area contributed by atoms with E-state index in [1.165, 1.54) is 0 Å². The standard InChI is InChI=1S/C33H34N6O5/c1-22-25(19-35-30-12-13-36-39(22)30)33(42)37-15-14-34-32(41)27-21-38(31(40)11-8-23-6-4-3-5-7-23)20-26(27)24-9-10-28(43-2)29(18-24)44-17-16-37/h3-13,18-19,26-27H,14-17,20-21H2,1-2H3,(H,34,41)/t26-,27+/m1/s1. The molecule has 2 bridgehead atoms. The van der Waals surface area contributed by atoms with Crippen molar-refractivity contribution in [3.8, 4) is 11.5 Å². The van der Waals surface area contributed by atoms with Crippen LogP contribution < -0.4 is 14.8 Å². The van der Waals surface area contributed by atoms with Crippen LogP contribution in [0.4, 0.5) is 0 Å². The van der Waals surface area contributed by atoms with Gasteiger partial charge in [0.15, 0.2) is 17.1 Å². The Labute approximate surface area is 255 Å². The first-order chi connectivity index (χ1) is 21.4. The van der Waals surface area contributed by atoms with Crippen molar-refractivity contribution in [2.75, 3.05) is 46.4 Å². The van der Waals surface area contributed by atoms with Gasteiger partial charge in [0.1, 0.15) is 6.61 Å². The number of fused-ring (bicyclic) bond motifs is 5. The van der Waals surface area contributed by atoms with Gasteiger partial charge in [0.25, 0.3) is 5.91 Å². The molecular formula is C33H34N6O5. The summed E-state index contributed by atoms with van der Waals surface area (Å²) in [5.41, 5.74) is 3.55. The third-order valence-electron chi connectivity index (χ3n) is 8.28. The number of amides is 3. The topological polar surface area (TPSA) is 118 Å². The molecule has 44 heavy (non-hydrogen) atoms. The van der Waals surface area contributed by atoms with Crippen LogP contribution in [0.5, 0.6) is 11.5 Å². The molecule has 226 valence electrons. The number of aromatic nitrogens is 3. The summed E-state index contributed by atoms with van der Waals surface area (Å²) in [4.78, 5) is 48.3. The highest BCUT2D eigenvalue weighted by atomic mass is 16.5. The van der Waals surface area contributed by atoms with E-state index < -0.39 is 5.92 Å². The van der Waals surface area contributed by atoms with Gasteiger partial charge in [-0.2, -0.15) is 5.10 Å². The van der Waals surface area contributed by atoms with Crippen molar-refractivity contribution in [2.24, 2.45) is 5.92 Å². The lowest BCUT2D eigenvalue weighted by molar-refractivity contribution is -0.126. The second kappa shape index (κ2) is 12.6. The molecule has 1 saturated heterocycles. The maximum Gasteiger partial charge on any atom is 0.257 e. The molecule has 11 heteroatoms. The molecule has 11 nitrogen and oxygen atoms in total. The minimum absolute atomic E-state index is 0.157. The predicted molar refractivity (Wildman–Crippen MR) is 163 cm³/mol. The zero-order valence-electron chi connectivity index (χ0n) is 24.7. The number of methoxy groups -OCH3 is 1. The van der Waals surface area contributed by atoms with Crippen LogP contribution in [0.25, 0.3) is 11.7 Å². The molecule has 4 heterocycles. The van der Waals surface area contributed by atoms with Crippen molar-refractivity contribution in [2.45, 2.75) is 12.8 Å². The van der Waals surface area contributed by atoms with Gasteiger partial charge in [-0.3, -0.25) is 14.4 Å². The fourth-order valence-corrected chi connectivity index (χ4v) is 5.86. The summed E-state index contributed by atoms with van der Waals surface area (Å²) in [5, 5.41) is 7.30. The molecular weight excluding hydrogens is 560 g/mol. The fourth-order valence-electron chi connectivity index (χ4n) is 5.86. The van der Waals surface area contributed by atoms with E-state index in [-0.39, 0.29) is 56.4 Å². The number of carbonyl (C=O) groups excluding carboxylic acids is 3. The smallest absolute Gasteiger partial charge is 0.257 e. The molecule has 0 radical (unpaired) electrons. The monoisotopic (exact) mass is 594 g/mol. The molecule has 0 saturated carbocycles. The summed E-state index contributed by atoms with van der Waals surface area (Å²) in [6, 6.07) is 17.0. The van der Waals surface area contributed by atoms with Gasteiger partial charge in [-0.15, -0.1) is 0 Å². The number of rotatable bonds is 4. The number of aryl methyl sites for hydroxylation is 1. The molecule has 2 aliphatic rings. The largest absolute Gasteiger partial charge is 0.493 e. The van der Waals surface area contributed by atoms with E-state index in [2.05, 4.69) is 15.4 Å². The maximum absolute atomic E-state index is 13.7. The van der Waals surface area contributed by atoms with Crippen molar-refractivity contribution < 1.29 is 23.9 Å². The highest BCUT2D eigenvalue weighted by Crippen LogP contribution is 2.38. The molecule has 1 fully saturated rings. The Hall–Kier alpha value is -5.19. The number of nitrogens with one attached hydrogen (secondary N) is 1. The van der Waals surface area contributed by atoms with Crippen molar-refractivity contribution in [3.05, 3.63) is 95.5 Å². The Morgan fingerprint density at radius 1 is 1.05 bits per heavy atom. The Balaban J connectivity index is 1.25. The third-order valence-corrected chi connectivity index (χ3v) is 8.28. The van der Waals surface area contributed by atoms with Crippen LogP contribution in [0.15, 0.2) is 73.1 Å². The molecule has 2 aromatic heterocycles. The number of ether oxygens (including phenoxy) is 2. The molecule has 2 aromatic carbocycles. The molecule has 2 aliphatic heterocycles. The van der Waals surface area contributed by atoms with Crippen LogP contribution in [0, 0.1) is 12.8 Å². The van der Waals surface area contributed by atoms with Crippen LogP contribution in [-0.2, 0) is 9.59 Å². The lowest BCUT2D eigenvalue weighted by Gasteiger charge is -2.24. The van der Waals surface area contributed by atoms with Crippen molar-refractivity contribution in [3.63, 3.8) is 0 Å². The normalized spacial score (nSPS) is 19.0. The number of hydrogen-bond donors (Lipinski definition) is 1. The summed E-state index contributed by atoms with van der Waals surface area (Å²) >= 11 is 0. The summed E-state index contributed by atoms with van der Waals surface area (Å²) in [5.74, 6) is -0.229. The quantitative estimate of drug-likeness (QED) is 0.361. The number of carbonyl (C=O) groups is 3. The Kier molecular flexibility index (Phi) is 8.27. The average Bonchev–Trinajstić information content (AvgIpc) is 3.72. The number of likely N-dealkylation sites (tertiary alicyclic amines) is 1. The van der Waals surface area contributed by atoms with Crippen molar-refractivity contribution in [1.82, 2.24) is 29.7 Å². The highest BCUT2D eigenvalue weighted by Gasteiger charge is 2.40. The summed E-state index contributed by atoms with van der Waals surface area (Å²) in [7, 11) is 1.57.